The molecule has 186 valence electrons. The van der Waals surface area contributed by atoms with Gasteiger partial charge < -0.3 is 14.7 Å². The summed E-state index contributed by atoms with van der Waals surface area (Å²) in [6.07, 6.45) is 0. The molecule has 1 saturated heterocycles. The third-order valence-corrected chi connectivity index (χ3v) is 7.43. The number of hydrogen-bond acceptors (Lipinski definition) is 5. The van der Waals surface area contributed by atoms with Gasteiger partial charge in [0.05, 0.1) is 18.7 Å². The van der Waals surface area contributed by atoms with Crippen molar-refractivity contribution in [1.82, 2.24) is 0 Å². The number of hydrogen-bond donors (Lipinski definition) is 1. The lowest BCUT2D eigenvalue weighted by atomic mass is 9.94. The number of aliphatic hydroxyl groups is 1. The van der Waals surface area contributed by atoms with Gasteiger partial charge in [-0.25, -0.2) is 0 Å². The number of anilines is 2. The van der Waals surface area contributed by atoms with Gasteiger partial charge in [-0.05, 0) is 80.4 Å². The van der Waals surface area contributed by atoms with E-state index in [0.29, 0.717) is 22.6 Å². The molecule has 1 fully saturated rings. The van der Waals surface area contributed by atoms with Gasteiger partial charge in [0.15, 0.2) is 0 Å². The molecular formula is C29H29BrN2O4. The van der Waals surface area contributed by atoms with Crippen LogP contribution in [-0.4, -0.2) is 37.0 Å². The maximum Gasteiger partial charge on any atom is 0.300 e. The number of Topliss-reactive ketones (excluding diaryl/α,β-unsaturated/α-hetero) is 1. The van der Waals surface area contributed by atoms with E-state index in [1.54, 1.807) is 31.4 Å². The Kier molecular flexibility index (Phi) is 7.50. The van der Waals surface area contributed by atoms with Crippen molar-refractivity contribution in [3.63, 3.8) is 0 Å². The Balaban J connectivity index is 1.90. The molecule has 1 unspecified atom stereocenters. The van der Waals surface area contributed by atoms with Gasteiger partial charge in [0.2, 0.25) is 0 Å². The van der Waals surface area contributed by atoms with E-state index in [-0.39, 0.29) is 11.3 Å². The minimum absolute atomic E-state index is 0.0443. The van der Waals surface area contributed by atoms with E-state index in [2.05, 4.69) is 34.7 Å². The first-order valence-corrected chi connectivity index (χ1v) is 12.7. The molecule has 7 heteroatoms. The van der Waals surface area contributed by atoms with Crippen molar-refractivity contribution in [2.45, 2.75) is 26.8 Å². The highest BCUT2D eigenvalue weighted by atomic mass is 79.9. The summed E-state index contributed by atoms with van der Waals surface area (Å²) < 4.78 is 6.29. The number of nitrogens with zero attached hydrogens (tertiary/aromatic N) is 2. The van der Waals surface area contributed by atoms with Crippen molar-refractivity contribution in [3.05, 3.63) is 93.5 Å². The van der Waals surface area contributed by atoms with Gasteiger partial charge in [0.1, 0.15) is 11.5 Å². The minimum Gasteiger partial charge on any atom is -0.507 e. The zero-order chi connectivity index (χ0) is 26.0. The number of halogens is 1. The molecule has 0 aromatic heterocycles. The molecule has 1 amide bonds. The third kappa shape index (κ3) is 4.63. The van der Waals surface area contributed by atoms with Gasteiger partial charge in [0, 0.05) is 34.5 Å². The molecule has 1 heterocycles. The maximum absolute atomic E-state index is 13.4. The van der Waals surface area contributed by atoms with E-state index < -0.39 is 17.7 Å². The van der Waals surface area contributed by atoms with Gasteiger partial charge in [-0.1, -0.05) is 34.1 Å². The van der Waals surface area contributed by atoms with E-state index in [4.69, 9.17) is 4.74 Å². The fourth-order valence-electron chi connectivity index (χ4n) is 4.59. The van der Waals surface area contributed by atoms with Crippen LogP contribution in [0.25, 0.3) is 5.76 Å². The molecule has 3 aromatic carbocycles. The summed E-state index contributed by atoms with van der Waals surface area (Å²) in [6, 6.07) is 19.3. The van der Waals surface area contributed by atoms with Crippen LogP contribution in [-0.2, 0) is 9.59 Å². The van der Waals surface area contributed by atoms with Crippen molar-refractivity contribution in [3.8, 4) is 5.75 Å². The summed E-state index contributed by atoms with van der Waals surface area (Å²) in [4.78, 5) is 30.5. The number of ketones is 1. The number of carbonyl (C=O) groups excluding carboxylic acids is 2. The van der Waals surface area contributed by atoms with Crippen molar-refractivity contribution in [1.29, 1.82) is 0 Å². The molecule has 1 N–H and O–H groups in total. The molecule has 1 aliphatic rings. The lowest BCUT2D eigenvalue weighted by Gasteiger charge is -2.27. The molecule has 0 radical (unpaired) electrons. The first-order chi connectivity index (χ1) is 17.3. The van der Waals surface area contributed by atoms with Crippen molar-refractivity contribution in [2.24, 2.45) is 0 Å². The van der Waals surface area contributed by atoms with Crippen LogP contribution in [0.4, 0.5) is 11.4 Å². The van der Waals surface area contributed by atoms with Gasteiger partial charge in [0.25, 0.3) is 11.7 Å². The number of aliphatic hydroxyl groups excluding tert-OH is 1. The van der Waals surface area contributed by atoms with E-state index in [1.807, 2.05) is 49.4 Å². The highest BCUT2D eigenvalue weighted by molar-refractivity contribution is 9.10. The molecule has 1 aliphatic heterocycles. The quantitative estimate of drug-likeness (QED) is 0.215. The Morgan fingerprint density at radius 1 is 1.03 bits per heavy atom. The Hall–Kier alpha value is -3.58. The molecule has 6 nitrogen and oxygen atoms in total. The average molecular weight is 549 g/mol. The monoisotopic (exact) mass is 548 g/mol. The summed E-state index contributed by atoms with van der Waals surface area (Å²) in [7, 11) is 1.56. The zero-order valence-corrected chi connectivity index (χ0v) is 22.4. The highest BCUT2D eigenvalue weighted by Gasteiger charge is 2.47. The molecule has 0 bridgehead atoms. The number of amides is 1. The van der Waals surface area contributed by atoms with Crippen LogP contribution in [0, 0.1) is 6.92 Å². The second-order valence-corrected chi connectivity index (χ2v) is 9.45. The van der Waals surface area contributed by atoms with Crippen LogP contribution in [0.2, 0.25) is 0 Å². The predicted molar refractivity (Wildman–Crippen MR) is 147 cm³/mol. The topological polar surface area (TPSA) is 70.1 Å². The highest BCUT2D eigenvalue weighted by Crippen LogP contribution is 2.43. The first-order valence-electron chi connectivity index (χ1n) is 11.9. The van der Waals surface area contributed by atoms with Crippen LogP contribution in [0.5, 0.6) is 5.75 Å². The second kappa shape index (κ2) is 10.6. The van der Waals surface area contributed by atoms with E-state index in [0.717, 1.165) is 28.8 Å². The Morgan fingerprint density at radius 3 is 2.33 bits per heavy atom. The summed E-state index contributed by atoms with van der Waals surface area (Å²) >= 11 is 3.47. The van der Waals surface area contributed by atoms with Crippen molar-refractivity contribution < 1.29 is 19.4 Å². The van der Waals surface area contributed by atoms with Gasteiger partial charge in [-0.15, -0.1) is 0 Å². The smallest absolute Gasteiger partial charge is 0.300 e. The number of benzene rings is 3. The lowest BCUT2D eigenvalue weighted by Crippen LogP contribution is -2.29. The number of carbonyl (C=O) groups is 2. The fraction of sp³-hybridized carbons (Fsp3) is 0.241. The van der Waals surface area contributed by atoms with Crippen LogP contribution in [0.15, 0.2) is 76.8 Å². The summed E-state index contributed by atoms with van der Waals surface area (Å²) in [6.45, 7) is 7.79. The zero-order valence-electron chi connectivity index (χ0n) is 20.8. The largest absolute Gasteiger partial charge is 0.507 e. The molecular weight excluding hydrogens is 520 g/mol. The van der Waals surface area contributed by atoms with Crippen LogP contribution >= 0.6 is 15.9 Å². The lowest BCUT2D eigenvalue weighted by molar-refractivity contribution is -0.132. The molecule has 36 heavy (non-hydrogen) atoms. The van der Waals surface area contributed by atoms with E-state index in [1.165, 1.54) is 4.90 Å². The maximum atomic E-state index is 13.4. The van der Waals surface area contributed by atoms with Crippen LogP contribution < -0.4 is 14.5 Å². The van der Waals surface area contributed by atoms with E-state index in [9.17, 15) is 14.7 Å². The van der Waals surface area contributed by atoms with Crippen molar-refractivity contribution >= 4 is 44.8 Å². The van der Waals surface area contributed by atoms with Crippen LogP contribution in [0.1, 0.15) is 36.6 Å². The summed E-state index contributed by atoms with van der Waals surface area (Å²) in [5.41, 5.74) is 3.69. The van der Waals surface area contributed by atoms with Crippen LogP contribution in [0.3, 0.4) is 0 Å². The molecule has 0 saturated carbocycles. The van der Waals surface area contributed by atoms with Gasteiger partial charge in [-0.3, -0.25) is 14.5 Å². The Labute approximate surface area is 219 Å². The second-order valence-electron chi connectivity index (χ2n) is 8.60. The van der Waals surface area contributed by atoms with Gasteiger partial charge in [-0.2, -0.15) is 0 Å². The Morgan fingerprint density at radius 2 is 1.72 bits per heavy atom. The van der Waals surface area contributed by atoms with Crippen molar-refractivity contribution in [2.75, 3.05) is 30.0 Å². The average Bonchev–Trinajstić information content (AvgIpc) is 3.16. The Bertz CT molecular complexity index is 1330. The first kappa shape index (κ1) is 25.5. The molecule has 3 aromatic rings. The molecule has 1 atom stereocenters. The number of methoxy groups -OCH3 is 1. The fourth-order valence-corrected chi connectivity index (χ4v) is 4.83. The SMILES string of the molecule is CCN(CC)c1ccc(N2C(=O)C(=O)/C(=C(\O)c3ccc(Br)c(C)c3)C2c2cccc(OC)c2)cc1. The standard InChI is InChI=1S/C29H29BrN2O4/c1-5-31(6-2)21-11-13-22(14-12-21)32-26(19-8-7-9-23(17-19)36-4)25(28(34)29(32)35)27(33)20-10-15-24(30)18(3)16-20/h7-17,26,33H,5-6H2,1-4H3/b27-25-. The molecule has 4 rings (SSSR count). The van der Waals surface area contributed by atoms with Gasteiger partial charge >= 0.3 is 0 Å². The normalized spacial score (nSPS) is 16.9. The predicted octanol–water partition coefficient (Wildman–Crippen LogP) is 6.24. The summed E-state index contributed by atoms with van der Waals surface area (Å²) in [5.74, 6) is -1.03. The third-order valence-electron chi connectivity index (χ3n) is 6.54. The molecule has 0 spiro atoms. The number of rotatable bonds is 7. The number of aryl methyl sites for hydroxylation is 1. The minimum atomic E-state index is -0.816. The van der Waals surface area contributed by atoms with E-state index >= 15 is 0 Å². The number of ether oxygens (including phenoxy) is 1. The summed E-state index contributed by atoms with van der Waals surface area (Å²) in [5, 5.41) is 11.4. The molecule has 0 aliphatic carbocycles.